The van der Waals surface area contributed by atoms with E-state index >= 15 is 0 Å². The SMILES string of the molecule is Cc1cc(C)c(CO)cc1Cl. The highest BCUT2D eigenvalue weighted by molar-refractivity contribution is 6.31. The molecule has 0 aliphatic carbocycles. The van der Waals surface area contributed by atoms with Crippen LogP contribution in [0.15, 0.2) is 12.1 Å². The summed E-state index contributed by atoms with van der Waals surface area (Å²) in [6.07, 6.45) is 0. The van der Waals surface area contributed by atoms with Gasteiger partial charge in [-0.25, -0.2) is 0 Å². The van der Waals surface area contributed by atoms with Gasteiger partial charge in [-0.2, -0.15) is 0 Å². The van der Waals surface area contributed by atoms with Gasteiger partial charge in [-0.15, -0.1) is 0 Å². The molecule has 0 spiro atoms. The summed E-state index contributed by atoms with van der Waals surface area (Å²) in [7, 11) is 0. The highest BCUT2D eigenvalue weighted by Crippen LogP contribution is 2.20. The maximum Gasteiger partial charge on any atom is 0.0684 e. The lowest BCUT2D eigenvalue weighted by Crippen LogP contribution is -1.89. The van der Waals surface area contributed by atoms with E-state index < -0.39 is 0 Å². The molecule has 0 aliphatic heterocycles. The van der Waals surface area contributed by atoms with E-state index in [-0.39, 0.29) is 6.61 Å². The van der Waals surface area contributed by atoms with Gasteiger partial charge in [-0.3, -0.25) is 0 Å². The Hall–Kier alpha value is -0.530. The molecule has 1 rings (SSSR count). The predicted octanol–water partition coefficient (Wildman–Crippen LogP) is 2.45. The van der Waals surface area contributed by atoms with Crippen LogP contribution < -0.4 is 0 Å². The summed E-state index contributed by atoms with van der Waals surface area (Å²) >= 11 is 5.85. The van der Waals surface area contributed by atoms with Gasteiger partial charge in [0.2, 0.25) is 0 Å². The highest BCUT2D eigenvalue weighted by Gasteiger charge is 2.00. The fourth-order valence-corrected chi connectivity index (χ4v) is 1.22. The van der Waals surface area contributed by atoms with Crippen molar-refractivity contribution in [3.63, 3.8) is 0 Å². The first-order valence-electron chi connectivity index (χ1n) is 3.51. The zero-order chi connectivity index (χ0) is 8.43. The van der Waals surface area contributed by atoms with Gasteiger partial charge >= 0.3 is 0 Å². The number of hydrogen-bond acceptors (Lipinski definition) is 1. The lowest BCUT2D eigenvalue weighted by molar-refractivity contribution is 0.281. The normalized spacial score (nSPS) is 10.2. The van der Waals surface area contributed by atoms with E-state index in [9.17, 15) is 0 Å². The first-order valence-corrected chi connectivity index (χ1v) is 3.89. The van der Waals surface area contributed by atoms with Crippen LogP contribution in [0.4, 0.5) is 0 Å². The molecule has 1 aromatic rings. The third-order valence-electron chi connectivity index (χ3n) is 1.79. The van der Waals surface area contributed by atoms with Gasteiger partial charge in [0.25, 0.3) is 0 Å². The maximum absolute atomic E-state index is 8.88. The van der Waals surface area contributed by atoms with Gasteiger partial charge in [0.05, 0.1) is 6.61 Å². The van der Waals surface area contributed by atoms with Gasteiger partial charge in [-0.05, 0) is 36.6 Å². The molecule has 11 heavy (non-hydrogen) atoms. The quantitative estimate of drug-likeness (QED) is 0.687. The van der Waals surface area contributed by atoms with Crippen molar-refractivity contribution >= 4 is 11.6 Å². The molecular weight excluding hydrogens is 160 g/mol. The Morgan fingerprint density at radius 1 is 1.27 bits per heavy atom. The van der Waals surface area contributed by atoms with Crippen molar-refractivity contribution in [3.8, 4) is 0 Å². The van der Waals surface area contributed by atoms with Crippen molar-refractivity contribution in [1.29, 1.82) is 0 Å². The Balaban J connectivity index is 3.21. The molecule has 0 aliphatic rings. The Bertz CT molecular complexity index is 269. The van der Waals surface area contributed by atoms with Crippen molar-refractivity contribution in [3.05, 3.63) is 33.8 Å². The molecule has 0 heterocycles. The molecule has 0 saturated carbocycles. The Kier molecular flexibility index (Phi) is 2.53. The van der Waals surface area contributed by atoms with Gasteiger partial charge in [-0.1, -0.05) is 17.7 Å². The average Bonchev–Trinajstić information content (AvgIpc) is 1.97. The van der Waals surface area contributed by atoms with Gasteiger partial charge in [0.15, 0.2) is 0 Å². The number of rotatable bonds is 1. The molecule has 1 N–H and O–H groups in total. The average molecular weight is 171 g/mol. The second kappa shape index (κ2) is 3.24. The largest absolute Gasteiger partial charge is 0.392 e. The lowest BCUT2D eigenvalue weighted by Gasteiger charge is -2.04. The van der Waals surface area contributed by atoms with Gasteiger partial charge < -0.3 is 5.11 Å². The molecule has 1 nitrogen and oxygen atoms in total. The summed E-state index contributed by atoms with van der Waals surface area (Å²) in [4.78, 5) is 0. The van der Waals surface area contributed by atoms with Crippen LogP contribution in [0.25, 0.3) is 0 Å². The van der Waals surface area contributed by atoms with Gasteiger partial charge in [0.1, 0.15) is 0 Å². The molecule has 0 bridgehead atoms. The highest BCUT2D eigenvalue weighted by atomic mass is 35.5. The molecule has 0 radical (unpaired) electrons. The molecule has 0 unspecified atom stereocenters. The minimum Gasteiger partial charge on any atom is -0.392 e. The zero-order valence-corrected chi connectivity index (χ0v) is 7.44. The molecule has 0 saturated heterocycles. The number of aliphatic hydroxyl groups is 1. The van der Waals surface area contributed by atoms with E-state index in [1.165, 1.54) is 0 Å². The number of halogens is 1. The predicted molar refractivity (Wildman–Crippen MR) is 46.8 cm³/mol. The Labute approximate surface area is 71.6 Å². The van der Waals surface area contributed by atoms with Crippen LogP contribution in [-0.4, -0.2) is 5.11 Å². The fourth-order valence-electron chi connectivity index (χ4n) is 1.04. The minimum atomic E-state index is 0.0613. The lowest BCUT2D eigenvalue weighted by atomic mass is 10.1. The van der Waals surface area contributed by atoms with Crippen LogP contribution in [0.2, 0.25) is 5.02 Å². The number of aryl methyl sites for hydroxylation is 2. The topological polar surface area (TPSA) is 20.2 Å². The van der Waals surface area contributed by atoms with E-state index in [0.29, 0.717) is 0 Å². The summed E-state index contributed by atoms with van der Waals surface area (Å²) in [5.74, 6) is 0. The molecule has 0 aromatic heterocycles. The molecule has 1 aromatic carbocycles. The Morgan fingerprint density at radius 2 is 1.91 bits per heavy atom. The van der Waals surface area contributed by atoms with Crippen LogP contribution in [0, 0.1) is 13.8 Å². The first kappa shape index (κ1) is 8.57. The van der Waals surface area contributed by atoms with E-state index in [2.05, 4.69) is 0 Å². The van der Waals surface area contributed by atoms with E-state index in [0.717, 1.165) is 21.7 Å². The number of hydrogen-bond donors (Lipinski definition) is 1. The molecule has 0 fully saturated rings. The molecule has 2 heteroatoms. The first-order chi connectivity index (χ1) is 5.15. The second-order valence-corrected chi connectivity index (χ2v) is 3.09. The summed E-state index contributed by atoms with van der Waals surface area (Å²) in [5.41, 5.74) is 3.05. The second-order valence-electron chi connectivity index (χ2n) is 2.69. The molecular formula is C9H11ClO. The molecule has 60 valence electrons. The monoisotopic (exact) mass is 170 g/mol. The zero-order valence-electron chi connectivity index (χ0n) is 6.69. The van der Waals surface area contributed by atoms with Gasteiger partial charge in [0, 0.05) is 5.02 Å². The summed E-state index contributed by atoms with van der Waals surface area (Å²) in [6.45, 7) is 3.98. The summed E-state index contributed by atoms with van der Waals surface area (Å²) in [6, 6.07) is 3.79. The number of benzene rings is 1. The van der Waals surface area contributed by atoms with E-state index in [1.54, 1.807) is 0 Å². The maximum atomic E-state index is 8.88. The summed E-state index contributed by atoms with van der Waals surface area (Å²) < 4.78 is 0. The molecule has 0 atom stereocenters. The van der Waals surface area contributed by atoms with Crippen molar-refractivity contribution < 1.29 is 5.11 Å². The third kappa shape index (κ3) is 1.73. The summed E-state index contributed by atoms with van der Waals surface area (Å²) in [5, 5.41) is 9.60. The fraction of sp³-hybridized carbons (Fsp3) is 0.333. The van der Waals surface area contributed by atoms with E-state index in [1.807, 2.05) is 26.0 Å². The van der Waals surface area contributed by atoms with Crippen LogP contribution in [0.1, 0.15) is 16.7 Å². The van der Waals surface area contributed by atoms with Crippen molar-refractivity contribution in [2.24, 2.45) is 0 Å². The van der Waals surface area contributed by atoms with Crippen LogP contribution >= 0.6 is 11.6 Å². The van der Waals surface area contributed by atoms with E-state index in [4.69, 9.17) is 16.7 Å². The molecule has 0 amide bonds. The third-order valence-corrected chi connectivity index (χ3v) is 2.19. The van der Waals surface area contributed by atoms with Crippen LogP contribution in [0.3, 0.4) is 0 Å². The van der Waals surface area contributed by atoms with Crippen molar-refractivity contribution in [2.45, 2.75) is 20.5 Å². The van der Waals surface area contributed by atoms with Crippen LogP contribution in [-0.2, 0) is 6.61 Å². The van der Waals surface area contributed by atoms with Crippen molar-refractivity contribution in [2.75, 3.05) is 0 Å². The number of aliphatic hydroxyl groups excluding tert-OH is 1. The minimum absolute atomic E-state index is 0.0613. The Morgan fingerprint density at radius 3 is 2.45 bits per heavy atom. The standard InChI is InChI=1S/C9H11ClO/c1-6-3-7(2)9(10)4-8(6)5-11/h3-4,11H,5H2,1-2H3. The van der Waals surface area contributed by atoms with Crippen LogP contribution in [0.5, 0.6) is 0 Å². The smallest absolute Gasteiger partial charge is 0.0684 e. The van der Waals surface area contributed by atoms with Crippen molar-refractivity contribution in [1.82, 2.24) is 0 Å².